The van der Waals surface area contributed by atoms with E-state index in [1.807, 2.05) is 5.38 Å². The highest BCUT2D eigenvalue weighted by Gasteiger charge is 2.30. The number of likely N-dealkylation sites (tertiary alicyclic amines) is 1. The summed E-state index contributed by atoms with van der Waals surface area (Å²) < 4.78 is 0. The quantitative estimate of drug-likeness (QED) is 0.911. The Hall–Kier alpha value is -1.36. The van der Waals surface area contributed by atoms with Gasteiger partial charge in [-0.3, -0.25) is 9.59 Å². The van der Waals surface area contributed by atoms with Gasteiger partial charge in [-0.05, 0) is 44.1 Å². The van der Waals surface area contributed by atoms with Crippen molar-refractivity contribution in [3.8, 4) is 0 Å². The third kappa shape index (κ3) is 2.46. The van der Waals surface area contributed by atoms with Crippen molar-refractivity contribution in [2.45, 2.75) is 38.5 Å². The molecule has 1 atom stereocenters. The summed E-state index contributed by atoms with van der Waals surface area (Å²) in [5.41, 5.74) is 2.06. The maximum atomic E-state index is 12.6. The Morgan fingerprint density at radius 1 is 1.25 bits per heavy atom. The molecule has 3 rings (SSSR count). The number of carboxylic acids is 1. The molecule has 0 saturated carbocycles. The van der Waals surface area contributed by atoms with Gasteiger partial charge in [-0.25, -0.2) is 0 Å². The highest BCUT2D eigenvalue weighted by molar-refractivity contribution is 7.10. The smallest absolute Gasteiger partial charge is 0.308 e. The number of piperidine rings is 1. The van der Waals surface area contributed by atoms with Gasteiger partial charge in [-0.1, -0.05) is 0 Å². The van der Waals surface area contributed by atoms with E-state index in [4.69, 9.17) is 5.11 Å². The third-order valence-electron chi connectivity index (χ3n) is 4.35. The molecule has 0 unspecified atom stereocenters. The summed E-state index contributed by atoms with van der Waals surface area (Å²) in [4.78, 5) is 26.8. The number of carboxylic acid groups (broad SMARTS) is 1. The fraction of sp³-hybridized carbons (Fsp3) is 0.600. The minimum atomic E-state index is -0.783. The maximum Gasteiger partial charge on any atom is 0.308 e. The summed E-state index contributed by atoms with van der Waals surface area (Å²) in [7, 11) is 0. The molecule has 20 heavy (non-hydrogen) atoms. The lowest BCUT2D eigenvalue weighted by molar-refractivity contribution is -0.143. The van der Waals surface area contributed by atoms with Gasteiger partial charge in [0.05, 0.1) is 11.5 Å². The van der Waals surface area contributed by atoms with Crippen molar-refractivity contribution in [2.24, 2.45) is 5.92 Å². The summed E-state index contributed by atoms with van der Waals surface area (Å²) in [6.07, 6.45) is 5.92. The molecule has 4 nitrogen and oxygen atoms in total. The van der Waals surface area contributed by atoms with E-state index in [1.54, 1.807) is 16.2 Å². The van der Waals surface area contributed by atoms with E-state index in [2.05, 4.69) is 0 Å². The molecule has 1 aliphatic carbocycles. The molecule has 1 aromatic rings. The number of nitrogens with zero attached hydrogens (tertiary/aromatic N) is 1. The van der Waals surface area contributed by atoms with Crippen LogP contribution >= 0.6 is 11.3 Å². The highest BCUT2D eigenvalue weighted by atomic mass is 32.1. The average Bonchev–Trinajstić information content (AvgIpc) is 2.90. The predicted octanol–water partition coefficient (Wildman–Crippen LogP) is 2.56. The van der Waals surface area contributed by atoms with Crippen molar-refractivity contribution in [3.63, 3.8) is 0 Å². The fourth-order valence-electron chi connectivity index (χ4n) is 3.21. The molecule has 0 spiro atoms. The van der Waals surface area contributed by atoms with Gasteiger partial charge >= 0.3 is 5.97 Å². The van der Waals surface area contributed by atoms with Gasteiger partial charge in [0.15, 0.2) is 0 Å². The van der Waals surface area contributed by atoms with Crippen LogP contribution < -0.4 is 0 Å². The Bertz CT molecular complexity index is 537. The molecule has 0 radical (unpaired) electrons. The molecular formula is C15H19NO3S. The monoisotopic (exact) mass is 293 g/mol. The molecule has 1 saturated heterocycles. The van der Waals surface area contributed by atoms with Crippen LogP contribution in [0, 0.1) is 5.92 Å². The van der Waals surface area contributed by atoms with Crippen molar-refractivity contribution in [2.75, 3.05) is 13.1 Å². The van der Waals surface area contributed by atoms with Crippen LogP contribution in [-0.2, 0) is 17.6 Å². The van der Waals surface area contributed by atoms with Crippen molar-refractivity contribution in [3.05, 3.63) is 21.4 Å². The highest BCUT2D eigenvalue weighted by Crippen LogP contribution is 2.31. The van der Waals surface area contributed by atoms with Crippen LogP contribution in [0.2, 0.25) is 0 Å². The molecular weight excluding hydrogens is 274 g/mol. The summed E-state index contributed by atoms with van der Waals surface area (Å²) in [5.74, 6) is -1.15. The molecule has 0 bridgehead atoms. The largest absolute Gasteiger partial charge is 0.481 e. The van der Waals surface area contributed by atoms with Gasteiger partial charge < -0.3 is 10.0 Å². The molecule has 1 fully saturated rings. The lowest BCUT2D eigenvalue weighted by Crippen LogP contribution is -2.42. The fourth-order valence-corrected chi connectivity index (χ4v) is 4.33. The van der Waals surface area contributed by atoms with Crippen molar-refractivity contribution >= 4 is 23.2 Å². The van der Waals surface area contributed by atoms with Gasteiger partial charge in [0.1, 0.15) is 0 Å². The Morgan fingerprint density at radius 3 is 2.85 bits per heavy atom. The van der Waals surface area contributed by atoms with E-state index in [9.17, 15) is 9.59 Å². The summed E-state index contributed by atoms with van der Waals surface area (Å²) in [5, 5.41) is 11.1. The molecule has 1 aliphatic heterocycles. The van der Waals surface area contributed by atoms with Gasteiger partial charge in [0.25, 0.3) is 5.91 Å². The number of fused-ring (bicyclic) bond motifs is 1. The number of hydrogen-bond acceptors (Lipinski definition) is 3. The van der Waals surface area contributed by atoms with Gasteiger partial charge in [0, 0.05) is 23.3 Å². The Labute approximate surface area is 122 Å². The molecule has 1 N–H and O–H groups in total. The second-order valence-electron chi connectivity index (χ2n) is 5.69. The zero-order valence-corrected chi connectivity index (χ0v) is 12.2. The van der Waals surface area contributed by atoms with Crippen LogP contribution in [0.4, 0.5) is 0 Å². The van der Waals surface area contributed by atoms with Crippen LogP contribution in [0.25, 0.3) is 0 Å². The zero-order chi connectivity index (χ0) is 14.1. The third-order valence-corrected chi connectivity index (χ3v) is 5.44. The number of carbonyl (C=O) groups excluding carboxylic acids is 1. The Morgan fingerprint density at radius 2 is 2.05 bits per heavy atom. The zero-order valence-electron chi connectivity index (χ0n) is 11.4. The number of hydrogen-bond donors (Lipinski definition) is 1. The van der Waals surface area contributed by atoms with E-state index in [0.29, 0.717) is 19.5 Å². The first-order valence-corrected chi connectivity index (χ1v) is 8.16. The first-order valence-electron chi connectivity index (χ1n) is 7.28. The first-order chi connectivity index (χ1) is 9.66. The number of amides is 1. The van der Waals surface area contributed by atoms with E-state index in [-0.39, 0.29) is 5.91 Å². The molecule has 108 valence electrons. The van der Waals surface area contributed by atoms with E-state index >= 15 is 0 Å². The van der Waals surface area contributed by atoms with Crippen LogP contribution in [0.5, 0.6) is 0 Å². The average molecular weight is 293 g/mol. The van der Waals surface area contributed by atoms with Crippen LogP contribution in [-0.4, -0.2) is 35.0 Å². The lowest BCUT2D eigenvalue weighted by atomic mass is 9.94. The van der Waals surface area contributed by atoms with Crippen LogP contribution in [0.1, 0.15) is 46.5 Å². The SMILES string of the molecule is O=C(O)[C@@H]1CCCN(C(=O)c2csc3c2CCCC3)C1. The predicted molar refractivity (Wildman–Crippen MR) is 77.2 cm³/mol. The Balaban J connectivity index is 1.78. The number of thiophene rings is 1. The lowest BCUT2D eigenvalue weighted by Gasteiger charge is -2.31. The van der Waals surface area contributed by atoms with Crippen molar-refractivity contribution in [1.29, 1.82) is 0 Å². The second kappa shape index (κ2) is 5.56. The number of aryl methyl sites for hydroxylation is 1. The first kappa shape index (κ1) is 13.6. The number of carbonyl (C=O) groups is 2. The Kier molecular flexibility index (Phi) is 3.78. The molecule has 1 aromatic heterocycles. The van der Waals surface area contributed by atoms with Gasteiger partial charge in [-0.15, -0.1) is 11.3 Å². The normalized spacial score (nSPS) is 22.4. The second-order valence-corrected chi connectivity index (χ2v) is 6.65. The molecule has 0 aromatic carbocycles. The van der Waals surface area contributed by atoms with E-state index in [1.165, 1.54) is 16.9 Å². The molecule has 2 heterocycles. The summed E-state index contributed by atoms with van der Waals surface area (Å²) in [6.45, 7) is 1.05. The van der Waals surface area contributed by atoms with Crippen molar-refractivity contribution in [1.82, 2.24) is 4.90 Å². The van der Waals surface area contributed by atoms with Crippen LogP contribution in [0.15, 0.2) is 5.38 Å². The standard InChI is InChI=1S/C15H19NO3S/c17-14(16-7-3-4-10(8-16)15(18)19)12-9-20-13-6-2-1-5-11(12)13/h9-10H,1-8H2,(H,18,19)/t10-/m1/s1. The minimum Gasteiger partial charge on any atom is -0.481 e. The molecule has 1 amide bonds. The summed E-state index contributed by atoms with van der Waals surface area (Å²) >= 11 is 1.69. The number of aliphatic carboxylic acids is 1. The maximum absolute atomic E-state index is 12.6. The van der Waals surface area contributed by atoms with Crippen molar-refractivity contribution < 1.29 is 14.7 Å². The molecule has 5 heteroatoms. The number of rotatable bonds is 2. The summed E-state index contributed by atoms with van der Waals surface area (Å²) in [6, 6.07) is 0. The molecule has 2 aliphatic rings. The minimum absolute atomic E-state index is 0.0374. The van der Waals surface area contributed by atoms with Gasteiger partial charge in [-0.2, -0.15) is 0 Å². The topological polar surface area (TPSA) is 57.6 Å². The van der Waals surface area contributed by atoms with E-state index < -0.39 is 11.9 Å². The van der Waals surface area contributed by atoms with Crippen LogP contribution in [0.3, 0.4) is 0 Å². The van der Waals surface area contributed by atoms with Gasteiger partial charge in [0.2, 0.25) is 0 Å². The van der Waals surface area contributed by atoms with E-state index in [0.717, 1.165) is 31.2 Å².